The Morgan fingerprint density at radius 2 is 2.11 bits per heavy atom. The number of aromatic nitrogens is 1. The largest absolute Gasteiger partial charge is 0.406 e. The Hall–Kier alpha value is -1.66. The lowest BCUT2D eigenvalue weighted by Crippen LogP contribution is -2.36. The van der Waals surface area contributed by atoms with Crippen LogP contribution in [0.5, 0.6) is 0 Å². The lowest BCUT2D eigenvalue weighted by atomic mass is 10.3. The van der Waals surface area contributed by atoms with Crippen LogP contribution in [0.4, 0.5) is 18.9 Å². The van der Waals surface area contributed by atoms with Crippen LogP contribution in [0.15, 0.2) is 12.3 Å². The van der Waals surface area contributed by atoms with Crippen molar-refractivity contribution < 1.29 is 18.0 Å². The van der Waals surface area contributed by atoms with Gasteiger partial charge in [0, 0.05) is 19.8 Å². The Morgan fingerprint density at radius 1 is 1.50 bits per heavy atom. The van der Waals surface area contributed by atoms with Gasteiger partial charge in [0.1, 0.15) is 12.2 Å². The molecule has 0 aromatic carbocycles. The zero-order valence-electron chi connectivity index (χ0n) is 10.3. The van der Waals surface area contributed by atoms with E-state index in [9.17, 15) is 18.0 Å². The minimum absolute atomic E-state index is 0.182. The SMILES string of the molecule is CCCn1cc(N)cc1C(=O)N(C)CC(F)(F)F. The number of nitrogen functional groups attached to an aromatic ring is 1. The van der Waals surface area contributed by atoms with E-state index in [2.05, 4.69) is 0 Å². The third kappa shape index (κ3) is 3.68. The number of carbonyl (C=O) groups is 1. The fourth-order valence-electron chi connectivity index (χ4n) is 1.67. The predicted octanol–water partition coefficient (Wildman–Crippen LogP) is 2.11. The second-order valence-corrected chi connectivity index (χ2v) is 4.13. The van der Waals surface area contributed by atoms with E-state index in [4.69, 9.17) is 5.73 Å². The van der Waals surface area contributed by atoms with Crippen LogP contribution in [0.1, 0.15) is 23.8 Å². The van der Waals surface area contributed by atoms with Crippen LogP contribution in [0.3, 0.4) is 0 Å². The molecule has 0 atom stereocenters. The summed E-state index contributed by atoms with van der Waals surface area (Å²) in [6, 6.07) is 1.39. The first kappa shape index (κ1) is 14.4. The van der Waals surface area contributed by atoms with E-state index in [0.717, 1.165) is 13.5 Å². The Bertz CT molecular complexity index is 426. The number of amides is 1. The van der Waals surface area contributed by atoms with E-state index in [1.165, 1.54) is 6.07 Å². The highest BCUT2D eigenvalue weighted by atomic mass is 19.4. The van der Waals surface area contributed by atoms with Crippen molar-refractivity contribution in [3.63, 3.8) is 0 Å². The summed E-state index contributed by atoms with van der Waals surface area (Å²) < 4.78 is 38.2. The molecule has 1 aromatic rings. The van der Waals surface area contributed by atoms with Crippen molar-refractivity contribution in [3.05, 3.63) is 18.0 Å². The molecule has 0 aliphatic heterocycles. The van der Waals surface area contributed by atoms with Gasteiger partial charge < -0.3 is 15.2 Å². The number of rotatable bonds is 4. The molecule has 0 radical (unpaired) electrons. The van der Waals surface area contributed by atoms with Crippen molar-refractivity contribution in [2.75, 3.05) is 19.3 Å². The number of hydrogen-bond donors (Lipinski definition) is 1. The van der Waals surface area contributed by atoms with Crippen LogP contribution in [0, 0.1) is 0 Å². The molecule has 0 saturated heterocycles. The average molecular weight is 263 g/mol. The van der Waals surface area contributed by atoms with Crippen molar-refractivity contribution in [1.29, 1.82) is 0 Å². The third-order valence-electron chi connectivity index (χ3n) is 2.36. The number of alkyl halides is 3. The van der Waals surface area contributed by atoms with Crippen molar-refractivity contribution in [2.24, 2.45) is 0 Å². The van der Waals surface area contributed by atoms with Gasteiger partial charge in [-0.15, -0.1) is 0 Å². The molecule has 1 heterocycles. The molecule has 18 heavy (non-hydrogen) atoms. The number of hydrogen-bond acceptors (Lipinski definition) is 2. The highest BCUT2D eigenvalue weighted by Crippen LogP contribution is 2.18. The third-order valence-corrected chi connectivity index (χ3v) is 2.36. The number of anilines is 1. The van der Waals surface area contributed by atoms with Gasteiger partial charge in [-0.05, 0) is 12.5 Å². The number of nitrogens with two attached hydrogens (primary N) is 1. The zero-order chi connectivity index (χ0) is 13.9. The molecule has 1 rings (SSSR count). The van der Waals surface area contributed by atoms with Gasteiger partial charge in [0.25, 0.3) is 5.91 Å². The topological polar surface area (TPSA) is 51.3 Å². The second kappa shape index (κ2) is 5.32. The van der Waals surface area contributed by atoms with Gasteiger partial charge in [-0.3, -0.25) is 4.79 Å². The molecule has 0 saturated carbocycles. The van der Waals surface area contributed by atoms with Gasteiger partial charge in [-0.25, -0.2) is 0 Å². The molecule has 102 valence electrons. The van der Waals surface area contributed by atoms with Crippen molar-refractivity contribution in [2.45, 2.75) is 26.1 Å². The Kier molecular flexibility index (Phi) is 4.26. The molecular formula is C11H16F3N3O. The number of aryl methyl sites for hydroxylation is 1. The van der Waals surface area contributed by atoms with Gasteiger partial charge in [0.2, 0.25) is 0 Å². The van der Waals surface area contributed by atoms with Gasteiger partial charge in [-0.1, -0.05) is 6.92 Å². The summed E-state index contributed by atoms with van der Waals surface area (Å²) in [4.78, 5) is 12.5. The Labute approximate surface area is 103 Å². The molecule has 7 heteroatoms. The summed E-state index contributed by atoms with van der Waals surface area (Å²) in [5, 5.41) is 0. The monoisotopic (exact) mass is 263 g/mol. The first-order chi connectivity index (χ1) is 8.24. The predicted molar refractivity (Wildman–Crippen MR) is 62.2 cm³/mol. The Morgan fingerprint density at radius 3 is 2.61 bits per heavy atom. The van der Waals surface area contributed by atoms with Crippen LogP contribution < -0.4 is 5.73 Å². The van der Waals surface area contributed by atoms with Gasteiger partial charge in [0.05, 0.1) is 5.69 Å². The molecule has 0 fully saturated rings. The molecule has 0 spiro atoms. The second-order valence-electron chi connectivity index (χ2n) is 4.13. The summed E-state index contributed by atoms with van der Waals surface area (Å²) in [6.07, 6.45) is -2.09. The number of halogens is 3. The molecule has 0 bridgehead atoms. The summed E-state index contributed by atoms with van der Waals surface area (Å²) in [7, 11) is 1.12. The molecular weight excluding hydrogens is 247 g/mol. The quantitative estimate of drug-likeness (QED) is 0.904. The first-order valence-corrected chi connectivity index (χ1v) is 5.52. The summed E-state index contributed by atoms with van der Waals surface area (Å²) in [6.45, 7) is 1.17. The fraction of sp³-hybridized carbons (Fsp3) is 0.545. The van der Waals surface area contributed by atoms with Crippen LogP contribution in [0.2, 0.25) is 0 Å². The molecule has 0 aliphatic carbocycles. The smallest absolute Gasteiger partial charge is 0.397 e. The summed E-state index contributed by atoms with van der Waals surface area (Å²) in [5.41, 5.74) is 6.11. The first-order valence-electron chi connectivity index (χ1n) is 5.52. The molecule has 1 amide bonds. The van der Waals surface area contributed by atoms with Gasteiger partial charge >= 0.3 is 6.18 Å². The molecule has 0 unspecified atom stereocenters. The normalized spacial score (nSPS) is 11.6. The molecule has 4 nitrogen and oxygen atoms in total. The van der Waals surface area contributed by atoms with E-state index >= 15 is 0 Å². The maximum Gasteiger partial charge on any atom is 0.406 e. The number of nitrogens with zero attached hydrogens (tertiary/aromatic N) is 2. The minimum Gasteiger partial charge on any atom is -0.397 e. The molecule has 0 aliphatic rings. The van der Waals surface area contributed by atoms with E-state index in [-0.39, 0.29) is 5.69 Å². The van der Waals surface area contributed by atoms with E-state index in [1.54, 1.807) is 10.8 Å². The highest BCUT2D eigenvalue weighted by Gasteiger charge is 2.32. The standard InChI is InChI=1S/C11H16F3N3O/c1-3-4-17-6-8(15)5-9(17)10(18)16(2)7-11(12,13)14/h5-6H,3-4,7,15H2,1-2H3. The molecule has 1 aromatic heterocycles. The van der Waals surface area contributed by atoms with E-state index in [1.807, 2.05) is 6.92 Å². The van der Waals surface area contributed by atoms with Gasteiger partial charge in [0.15, 0.2) is 0 Å². The van der Waals surface area contributed by atoms with Crippen LogP contribution >= 0.6 is 0 Å². The van der Waals surface area contributed by atoms with E-state index < -0.39 is 18.6 Å². The maximum atomic E-state index is 12.2. The van der Waals surface area contributed by atoms with Crippen molar-refractivity contribution >= 4 is 11.6 Å². The van der Waals surface area contributed by atoms with Crippen LogP contribution in [-0.4, -0.2) is 35.1 Å². The van der Waals surface area contributed by atoms with E-state index in [0.29, 0.717) is 17.1 Å². The summed E-state index contributed by atoms with van der Waals surface area (Å²) in [5.74, 6) is -0.683. The van der Waals surface area contributed by atoms with Crippen molar-refractivity contribution in [1.82, 2.24) is 9.47 Å². The van der Waals surface area contributed by atoms with Crippen LogP contribution in [-0.2, 0) is 6.54 Å². The Balaban J connectivity index is 2.89. The highest BCUT2D eigenvalue weighted by molar-refractivity contribution is 5.93. The molecule has 2 N–H and O–H groups in total. The number of carbonyl (C=O) groups excluding carboxylic acids is 1. The average Bonchev–Trinajstić information content (AvgIpc) is 2.56. The minimum atomic E-state index is -4.40. The maximum absolute atomic E-state index is 12.2. The van der Waals surface area contributed by atoms with Crippen molar-refractivity contribution in [3.8, 4) is 0 Å². The fourth-order valence-corrected chi connectivity index (χ4v) is 1.67. The van der Waals surface area contributed by atoms with Crippen LogP contribution in [0.25, 0.3) is 0 Å². The lowest BCUT2D eigenvalue weighted by Gasteiger charge is -2.19. The summed E-state index contributed by atoms with van der Waals surface area (Å²) >= 11 is 0. The lowest BCUT2D eigenvalue weighted by molar-refractivity contribution is -0.138. The van der Waals surface area contributed by atoms with Gasteiger partial charge in [-0.2, -0.15) is 13.2 Å². The zero-order valence-corrected chi connectivity index (χ0v) is 10.3.